The minimum absolute atomic E-state index is 0.0594. The Balaban J connectivity index is 2.45. The molecule has 2 heterocycles. The van der Waals surface area contributed by atoms with Gasteiger partial charge in [-0.05, 0) is 83.1 Å². The van der Waals surface area contributed by atoms with Gasteiger partial charge in [0.1, 0.15) is 36.6 Å². The first-order valence-corrected chi connectivity index (χ1v) is 30.7. The van der Waals surface area contributed by atoms with E-state index in [0.717, 1.165) is 0 Å². The summed E-state index contributed by atoms with van der Waals surface area (Å²) in [7, 11) is 0. The molecular formula is C62H111N3O21. The second-order valence-corrected chi connectivity index (χ2v) is 24.7. The predicted octanol–water partition coefficient (Wildman–Crippen LogP) is -0.243. The van der Waals surface area contributed by atoms with E-state index < -0.39 is 183 Å². The molecule has 27 atom stereocenters. The van der Waals surface area contributed by atoms with Crippen LogP contribution in [0.2, 0.25) is 0 Å². The number of aliphatic hydroxyl groups is 17. The predicted molar refractivity (Wildman–Crippen MR) is 322 cm³/mol. The molecule has 0 bridgehead atoms. The Morgan fingerprint density at radius 2 is 1.24 bits per heavy atom. The van der Waals surface area contributed by atoms with Crippen molar-refractivity contribution in [2.45, 2.75) is 262 Å². The number of ether oxygens (including phenoxy) is 3. The Morgan fingerprint density at radius 3 is 1.84 bits per heavy atom. The van der Waals surface area contributed by atoms with Crippen LogP contribution in [0.25, 0.3) is 0 Å². The normalized spacial score (nSPS) is 40.6. The highest BCUT2D eigenvalue weighted by molar-refractivity contribution is 5.87. The molecule has 0 saturated carbocycles. The van der Waals surface area contributed by atoms with Gasteiger partial charge >= 0.3 is 5.97 Å². The Kier molecular flexibility index (Phi) is 36.4. The fourth-order valence-electron chi connectivity index (χ4n) is 10.7. The van der Waals surface area contributed by atoms with Crippen molar-refractivity contribution in [1.82, 2.24) is 0 Å². The van der Waals surface area contributed by atoms with Crippen LogP contribution in [0.15, 0.2) is 64.7 Å². The molecule has 21 N–H and O–H groups in total. The van der Waals surface area contributed by atoms with Gasteiger partial charge in [0, 0.05) is 66.9 Å². The highest BCUT2D eigenvalue weighted by Crippen LogP contribution is 2.30. The number of allylic oxidation sites excluding steroid dienone is 2. The van der Waals surface area contributed by atoms with E-state index in [1.807, 2.05) is 13.0 Å². The highest BCUT2D eigenvalue weighted by atomic mass is 16.7. The van der Waals surface area contributed by atoms with Crippen molar-refractivity contribution in [3.8, 4) is 0 Å². The van der Waals surface area contributed by atoms with Crippen LogP contribution >= 0.6 is 0 Å². The number of hydrogen-bond acceptors (Lipinski definition) is 22. The van der Waals surface area contributed by atoms with Gasteiger partial charge in [-0.1, -0.05) is 97.1 Å². The average Bonchev–Trinajstić information content (AvgIpc) is 3.36. The molecule has 0 radical (unpaired) electrons. The first-order valence-electron chi connectivity index (χ1n) is 30.7. The third-order valence-electron chi connectivity index (χ3n) is 17.3. The van der Waals surface area contributed by atoms with Crippen LogP contribution in [-0.4, -0.2) is 234 Å². The summed E-state index contributed by atoms with van der Waals surface area (Å²) in [6, 6.07) is 0. The molecule has 0 spiro atoms. The number of guanidine groups is 1. The molecular weight excluding hydrogens is 1120 g/mol. The second kappa shape index (κ2) is 39.7. The summed E-state index contributed by atoms with van der Waals surface area (Å²) in [5.41, 5.74) is 11.4. The van der Waals surface area contributed by atoms with Gasteiger partial charge in [0.2, 0.25) is 0 Å². The van der Waals surface area contributed by atoms with E-state index in [2.05, 4.69) is 4.99 Å². The van der Waals surface area contributed by atoms with Gasteiger partial charge in [-0.2, -0.15) is 0 Å². The molecule has 24 nitrogen and oxygen atoms in total. The zero-order valence-electron chi connectivity index (χ0n) is 51.9. The molecule has 2 rings (SSSR count). The Morgan fingerprint density at radius 1 is 0.663 bits per heavy atom. The number of nitrogens with zero attached hydrogens (tertiary/aromatic N) is 1. The lowest BCUT2D eigenvalue weighted by atomic mass is 9.82. The van der Waals surface area contributed by atoms with Crippen molar-refractivity contribution in [2.24, 2.45) is 57.9 Å². The Hall–Kier alpha value is -3.32. The molecule has 2 aliphatic rings. The summed E-state index contributed by atoms with van der Waals surface area (Å²) in [5, 5.41) is 187. The van der Waals surface area contributed by atoms with Gasteiger partial charge in [-0.3, -0.25) is 4.99 Å². The van der Waals surface area contributed by atoms with Crippen LogP contribution in [0.3, 0.4) is 0 Å². The zero-order valence-corrected chi connectivity index (χ0v) is 51.9. The van der Waals surface area contributed by atoms with Crippen LogP contribution in [0.5, 0.6) is 0 Å². The van der Waals surface area contributed by atoms with E-state index in [-0.39, 0.29) is 61.7 Å². The van der Waals surface area contributed by atoms with Gasteiger partial charge in [-0.15, -0.1) is 0 Å². The highest BCUT2D eigenvalue weighted by Gasteiger charge is 2.46. The number of esters is 1. The maximum atomic E-state index is 13.5. The number of hydrogen-bond donors (Lipinski definition) is 19. The summed E-state index contributed by atoms with van der Waals surface area (Å²) in [5.74, 6) is -5.08. The van der Waals surface area contributed by atoms with Crippen molar-refractivity contribution in [3.63, 3.8) is 0 Å². The summed E-state index contributed by atoms with van der Waals surface area (Å²) in [6.45, 7) is 14.3. The van der Waals surface area contributed by atoms with Crippen molar-refractivity contribution >= 4 is 11.9 Å². The van der Waals surface area contributed by atoms with Gasteiger partial charge < -0.3 is 112 Å². The number of carbonyl (C=O) groups is 1. The van der Waals surface area contributed by atoms with Crippen LogP contribution in [0.4, 0.5) is 0 Å². The molecule has 0 aromatic rings. The Bertz CT molecular complexity index is 2090. The number of nitrogens with two attached hydrogens (primary N) is 2. The molecule has 0 aromatic heterocycles. The number of aliphatic hydroxyl groups excluding tert-OH is 17. The first kappa shape index (κ1) is 78.8. The van der Waals surface area contributed by atoms with Crippen molar-refractivity contribution < 1.29 is 106 Å². The lowest BCUT2D eigenvalue weighted by Crippen LogP contribution is -2.60. The molecule has 86 heavy (non-hydrogen) atoms. The van der Waals surface area contributed by atoms with Gasteiger partial charge in [0.05, 0.1) is 86.0 Å². The molecule has 2 aliphatic heterocycles. The molecule has 24 heteroatoms. The summed E-state index contributed by atoms with van der Waals surface area (Å²) < 4.78 is 17.4. The summed E-state index contributed by atoms with van der Waals surface area (Å²) >= 11 is 0. The van der Waals surface area contributed by atoms with Crippen LogP contribution in [-0.2, 0) is 19.0 Å². The van der Waals surface area contributed by atoms with Crippen molar-refractivity contribution in [1.29, 1.82) is 0 Å². The summed E-state index contributed by atoms with van der Waals surface area (Å²) in [4.78, 5) is 17.5. The lowest BCUT2D eigenvalue weighted by molar-refractivity contribution is -0.313. The maximum absolute atomic E-state index is 13.5. The van der Waals surface area contributed by atoms with Gasteiger partial charge in [0.15, 0.2) is 12.2 Å². The first-order chi connectivity index (χ1) is 40.2. The minimum Gasteiger partial charge on any atom is -0.458 e. The zero-order chi connectivity index (χ0) is 65.3. The van der Waals surface area contributed by atoms with E-state index in [0.29, 0.717) is 32.1 Å². The SMILES string of the molecule is CC1=CCC[C@H](C)[C@@H](O)[C@@H](C)[C@@H](O)CCC=C[C@H](C)[C@@H](O)C=C[C@H](C)[C@@H](O)C(C)=C[C@@H](O[C@H]2O[C@H](CO)[C@@H](O)[C@@H](O)[C@H]2O)[C@H](O)C[C@@H](O)C[C@H](O)C[C@H](O)[C@H](C)[C@@H](O)[C@@H](C)[C@H](O)C[C@@H](O)C[C@H](O)C=CC[C@@H]([C@H](C)[C@H](O)CCCN=C(N)N)OC1=O. The minimum atomic E-state index is -1.88. The van der Waals surface area contributed by atoms with Gasteiger partial charge in [0.25, 0.3) is 0 Å². The Labute approximate surface area is 508 Å². The molecule has 1 saturated heterocycles. The smallest absolute Gasteiger partial charge is 0.333 e. The number of aliphatic imine (C=N–C) groups is 1. The van der Waals surface area contributed by atoms with Crippen molar-refractivity contribution in [2.75, 3.05) is 13.2 Å². The monoisotopic (exact) mass is 1230 g/mol. The third-order valence-corrected chi connectivity index (χ3v) is 17.3. The van der Waals surface area contributed by atoms with Gasteiger partial charge in [-0.25, -0.2) is 4.79 Å². The number of rotatable bonds is 9. The topological polar surface area (TPSA) is 453 Å². The molecule has 0 amide bonds. The molecule has 1 fully saturated rings. The second-order valence-electron chi connectivity index (χ2n) is 24.7. The molecule has 0 aromatic carbocycles. The fourth-order valence-corrected chi connectivity index (χ4v) is 10.7. The van der Waals surface area contributed by atoms with E-state index in [9.17, 15) is 91.6 Å². The number of cyclic esters (lactones) is 1. The lowest BCUT2D eigenvalue weighted by Gasteiger charge is -2.41. The maximum Gasteiger partial charge on any atom is 0.333 e. The van der Waals surface area contributed by atoms with Crippen molar-refractivity contribution in [3.05, 3.63) is 59.8 Å². The van der Waals surface area contributed by atoms with Crippen LogP contribution in [0.1, 0.15) is 139 Å². The quantitative estimate of drug-likeness (QED) is 0.0466. The largest absolute Gasteiger partial charge is 0.458 e. The standard InChI is InChI=1S/C62H111N3O21/c1-32-15-10-11-19-47(73)38(7)55(78)33(2)16-12-17-35(4)60(83)84-51(37(6)46(72)20-14-24-65-62(63)64)21-13-18-41(67)26-42(68)28-48(74)39(8)56(79)40(9)49(75)29-43(69)27-44(70)30-50(76)52(25-36(5)54(77)34(3)22-23-45(32)71)85-61-59(82)58(81)57(80)53(31-66)86-61/h10,13,15,17-18,22-23,25,32-34,37-59,61,66-82H,11-12,14,16,19-21,24,26-31H2,1-9H3,(H4,63,64,65)/t32-,33-,34-,37+,38-,39-,40-,41+,42-,43-,44-,45-,46+,47-,48+,49-,50+,51-,52+,53+,54+,55+,56-,57+,58+,59+,61-/m0/s1. The van der Waals surface area contributed by atoms with E-state index in [1.54, 1.807) is 58.9 Å². The summed E-state index contributed by atoms with van der Waals surface area (Å²) in [6.07, 6.45) is -13.9. The van der Waals surface area contributed by atoms with Crippen LogP contribution < -0.4 is 11.5 Å². The van der Waals surface area contributed by atoms with E-state index in [1.165, 1.54) is 39.0 Å². The average molecular weight is 1230 g/mol. The van der Waals surface area contributed by atoms with E-state index >= 15 is 0 Å². The number of carbonyl (C=O) groups excluding carboxylic acids is 1. The third kappa shape index (κ3) is 27.0. The molecule has 500 valence electrons. The fraction of sp³-hybridized carbons (Fsp3) is 0.806. The molecule has 0 unspecified atom stereocenters. The molecule has 0 aliphatic carbocycles. The van der Waals surface area contributed by atoms with Crippen LogP contribution in [0, 0.1) is 41.4 Å². The van der Waals surface area contributed by atoms with E-state index in [4.69, 9.17) is 25.7 Å².